The molecule has 0 aromatic carbocycles. The van der Waals surface area contributed by atoms with Gasteiger partial charge < -0.3 is 10.1 Å². The van der Waals surface area contributed by atoms with Crippen LogP contribution in [0, 0.1) is 6.92 Å². The number of methoxy groups -OCH3 is 1. The molecular weight excluding hydrogens is 234 g/mol. The summed E-state index contributed by atoms with van der Waals surface area (Å²) >= 11 is 1.85. The van der Waals surface area contributed by atoms with Gasteiger partial charge in [0.05, 0.1) is 18.1 Å². The number of hydrogen-bond acceptors (Lipinski definition) is 5. The van der Waals surface area contributed by atoms with E-state index in [4.69, 9.17) is 4.74 Å². The third kappa shape index (κ3) is 6.00. The summed E-state index contributed by atoms with van der Waals surface area (Å²) in [5.41, 5.74) is 2.09. The zero-order valence-electron chi connectivity index (χ0n) is 10.8. The Morgan fingerprint density at radius 1 is 1.41 bits per heavy atom. The summed E-state index contributed by atoms with van der Waals surface area (Å²) in [6.45, 7) is 6.51. The number of thioether (sulfide) groups is 1. The van der Waals surface area contributed by atoms with Crippen LogP contribution < -0.4 is 5.32 Å². The Morgan fingerprint density at radius 2 is 2.24 bits per heavy atom. The van der Waals surface area contributed by atoms with Gasteiger partial charge in [0.2, 0.25) is 0 Å². The van der Waals surface area contributed by atoms with Crippen molar-refractivity contribution in [3.8, 4) is 0 Å². The van der Waals surface area contributed by atoms with Crippen LogP contribution in [0.25, 0.3) is 0 Å². The van der Waals surface area contributed by atoms with Crippen molar-refractivity contribution in [2.24, 2.45) is 0 Å². The van der Waals surface area contributed by atoms with E-state index in [0.717, 1.165) is 48.4 Å². The van der Waals surface area contributed by atoms with Gasteiger partial charge in [0.25, 0.3) is 0 Å². The molecule has 5 heteroatoms. The van der Waals surface area contributed by atoms with E-state index in [-0.39, 0.29) is 0 Å². The fraction of sp³-hybridized carbons (Fsp3) is 0.667. The Kier molecular flexibility index (Phi) is 7.16. The van der Waals surface area contributed by atoms with Gasteiger partial charge in [-0.3, -0.25) is 0 Å². The molecule has 0 atom stereocenters. The molecule has 0 aliphatic heterocycles. The minimum atomic E-state index is 0.725. The predicted molar refractivity (Wildman–Crippen MR) is 72.2 cm³/mol. The molecule has 0 saturated heterocycles. The quantitative estimate of drug-likeness (QED) is 0.717. The van der Waals surface area contributed by atoms with Crippen LogP contribution in [-0.2, 0) is 17.0 Å². The number of aromatic nitrogens is 2. The number of aryl methyl sites for hydroxylation is 1. The molecule has 0 radical (unpaired) electrons. The zero-order valence-corrected chi connectivity index (χ0v) is 11.6. The molecule has 0 spiro atoms. The highest BCUT2D eigenvalue weighted by molar-refractivity contribution is 7.98. The number of ether oxygens (including phenoxy) is 1. The Morgan fingerprint density at radius 3 is 2.94 bits per heavy atom. The minimum absolute atomic E-state index is 0.725. The van der Waals surface area contributed by atoms with E-state index in [1.54, 1.807) is 7.11 Å². The molecule has 0 aliphatic rings. The molecule has 1 N–H and O–H groups in total. The molecule has 4 nitrogen and oxygen atoms in total. The molecule has 96 valence electrons. The van der Waals surface area contributed by atoms with Gasteiger partial charge in [-0.2, -0.15) is 11.8 Å². The van der Waals surface area contributed by atoms with Crippen molar-refractivity contribution >= 4 is 11.8 Å². The number of hydrogen-bond donors (Lipinski definition) is 1. The van der Waals surface area contributed by atoms with E-state index in [9.17, 15) is 0 Å². The Labute approximate surface area is 108 Å². The maximum absolute atomic E-state index is 4.98. The summed E-state index contributed by atoms with van der Waals surface area (Å²) < 4.78 is 4.98. The van der Waals surface area contributed by atoms with Crippen LogP contribution in [0.15, 0.2) is 6.07 Å². The van der Waals surface area contributed by atoms with Crippen LogP contribution >= 0.6 is 11.8 Å². The predicted octanol–water partition coefficient (Wildman–Crippen LogP) is 1.77. The van der Waals surface area contributed by atoms with Crippen LogP contribution in [0.1, 0.15) is 24.1 Å². The van der Waals surface area contributed by atoms with Crippen molar-refractivity contribution in [3.63, 3.8) is 0 Å². The van der Waals surface area contributed by atoms with Crippen LogP contribution in [0.3, 0.4) is 0 Å². The summed E-state index contributed by atoms with van der Waals surface area (Å²) in [4.78, 5) is 8.96. The topological polar surface area (TPSA) is 47.0 Å². The fourth-order valence-corrected chi connectivity index (χ4v) is 1.95. The first-order chi connectivity index (χ1) is 8.26. The summed E-state index contributed by atoms with van der Waals surface area (Å²) in [5.74, 6) is 2.92. The Bertz CT molecular complexity index is 334. The van der Waals surface area contributed by atoms with Crippen molar-refractivity contribution in [2.75, 3.05) is 26.0 Å². The van der Waals surface area contributed by atoms with Crippen LogP contribution in [0.4, 0.5) is 0 Å². The van der Waals surface area contributed by atoms with E-state index in [1.807, 2.05) is 24.8 Å². The number of nitrogens with zero attached hydrogens (tertiary/aromatic N) is 2. The second-order valence-corrected chi connectivity index (χ2v) is 5.00. The zero-order chi connectivity index (χ0) is 12.5. The van der Waals surface area contributed by atoms with E-state index < -0.39 is 0 Å². The molecule has 1 aromatic rings. The molecular formula is C12H21N3OS. The highest BCUT2D eigenvalue weighted by Crippen LogP contribution is 2.09. The molecule has 0 aliphatic carbocycles. The lowest BCUT2D eigenvalue weighted by Gasteiger charge is -2.07. The molecule has 0 fully saturated rings. The average molecular weight is 255 g/mol. The lowest BCUT2D eigenvalue weighted by Crippen LogP contribution is -2.19. The summed E-state index contributed by atoms with van der Waals surface area (Å²) in [6, 6.07) is 2.03. The highest BCUT2D eigenvalue weighted by atomic mass is 32.2. The Balaban J connectivity index is 2.50. The highest BCUT2D eigenvalue weighted by Gasteiger charge is 2.02. The van der Waals surface area contributed by atoms with E-state index in [1.165, 1.54) is 0 Å². The van der Waals surface area contributed by atoms with Crippen molar-refractivity contribution < 1.29 is 4.74 Å². The average Bonchev–Trinajstić information content (AvgIpc) is 2.31. The summed E-state index contributed by atoms with van der Waals surface area (Å²) in [6.07, 6.45) is 0. The summed E-state index contributed by atoms with van der Waals surface area (Å²) in [5, 5.41) is 3.29. The Hall–Kier alpha value is -0.650. The molecule has 1 heterocycles. The van der Waals surface area contributed by atoms with Gasteiger partial charge in [-0.1, -0.05) is 6.92 Å². The molecule has 0 unspecified atom stereocenters. The molecule has 0 bridgehead atoms. The van der Waals surface area contributed by atoms with Gasteiger partial charge in [0, 0.05) is 25.9 Å². The van der Waals surface area contributed by atoms with Gasteiger partial charge in [-0.25, -0.2) is 9.97 Å². The first kappa shape index (κ1) is 14.4. The third-order valence-corrected chi connectivity index (χ3v) is 3.05. The van der Waals surface area contributed by atoms with Crippen molar-refractivity contribution in [1.82, 2.24) is 15.3 Å². The molecule has 1 aromatic heterocycles. The minimum Gasteiger partial charge on any atom is -0.383 e. The fourth-order valence-electron chi connectivity index (χ4n) is 1.44. The lowest BCUT2D eigenvalue weighted by molar-refractivity contribution is 0.199. The smallest absolute Gasteiger partial charge is 0.138 e. The second-order valence-electron chi connectivity index (χ2n) is 3.72. The SMILES string of the molecule is CCSCc1nc(C)cc(CNCCOC)n1. The third-order valence-electron chi connectivity index (χ3n) is 2.18. The lowest BCUT2D eigenvalue weighted by atomic mass is 10.3. The maximum Gasteiger partial charge on any atom is 0.138 e. The number of nitrogens with one attached hydrogen (secondary N) is 1. The molecule has 17 heavy (non-hydrogen) atoms. The van der Waals surface area contributed by atoms with E-state index >= 15 is 0 Å². The normalized spacial score (nSPS) is 10.8. The first-order valence-corrected chi connectivity index (χ1v) is 7.02. The maximum atomic E-state index is 4.98. The van der Waals surface area contributed by atoms with Crippen molar-refractivity contribution in [2.45, 2.75) is 26.1 Å². The second kappa shape index (κ2) is 8.44. The van der Waals surface area contributed by atoms with Crippen molar-refractivity contribution in [3.05, 3.63) is 23.3 Å². The molecule has 0 saturated carbocycles. The monoisotopic (exact) mass is 255 g/mol. The van der Waals surface area contributed by atoms with Gasteiger partial charge in [0.1, 0.15) is 5.82 Å². The van der Waals surface area contributed by atoms with Gasteiger partial charge in [-0.15, -0.1) is 0 Å². The molecule has 1 rings (SSSR count). The summed E-state index contributed by atoms with van der Waals surface area (Å²) in [7, 11) is 1.70. The molecule has 0 amide bonds. The van der Waals surface area contributed by atoms with Crippen molar-refractivity contribution in [1.29, 1.82) is 0 Å². The van der Waals surface area contributed by atoms with Gasteiger partial charge >= 0.3 is 0 Å². The number of rotatable bonds is 8. The van der Waals surface area contributed by atoms with Crippen LogP contribution in [0.5, 0.6) is 0 Å². The standard InChI is InChI=1S/C12H21N3OS/c1-4-17-9-12-14-10(2)7-11(15-12)8-13-5-6-16-3/h7,13H,4-6,8-9H2,1-3H3. The van der Waals surface area contributed by atoms with Gasteiger partial charge in [-0.05, 0) is 18.7 Å². The van der Waals surface area contributed by atoms with Gasteiger partial charge in [0.15, 0.2) is 0 Å². The van der Waals surface area contributed by atoms with E-state index in [2.05, 4.69) is 22.2 Å². The first-order valence-electron chi connectivity index (χ1n) is 5.87. The largest absolute Gasteiger partial charge is 0.383 e. The van der Waals surface area contributed by atoms with Crippen LogP contribution in [-0.4, -0.2) is 36.0 Å². The van der Waals surface area contributed by atoms with Crippen LogP contribution in [0.2, 0.25) is 0 Å². The van der Waals surface area contributed by atoms with E-state index in [0.29, 0.717) is 0 Å².